The largest absolute Gasteiger partial charge is 0.384 e. The first-order valence-corrected chi connectivity index (χ1v) is 9.84. The van der Waals surface area contributed by atoms with E-state index in [0.717, 1.165) is 5.52 Å². The number of hydrogen-bond donors (Lipinski definition) is 2. The summed E-state index contributed by atoms with van der Waals surface area (Å²) in [5, 5.41) is 22.7. The molecule has 0 bridgehead atoms. The van der Waals surface area contributed by atoms with E-state index in [4.69, 9.17) is 21.2 Å². The van der Waals surface area contributed by atoms with Crippen LogP contribution in [0.4, 0.5) is 11.6 Å². The van der Waals surface area contributed by atoms with Gasteiger partial charge in [0.05, 0.1) is 47.6 Å². The average molecular weight is 418 g/mol. The molecule has 0 saturated heterocycles. The van der Waals surface area contributed by atoms with Gasteiger partial charge in [-0.15, -0.1) is 0 Å². The molecular weight excluding hydrogens is 396 g/mol. The Kier molecular flexibility index (Phi) is 4.19. The van der Waals surface area contributed by atoms with Crippen molar-refractivity contribution in [2.75, 3.05) is 18.6 Å². The second-order valence-electron chi connectivity index (χ2n) is 7.91. The number of nitrogens with two attached hydrogens (primary N) is 2. The van der Waals surface area contributed by atoms with Crippen molar-refractivity contribution in [1.82, 2.24) is 34.2 Å². The van der Waals surface area contributed by atoms with Gasteiger partial charge in [-0.2, -0.15) is 20.6 Å². The highest BCUT2D eigenvalue weighted by atomic mass is 16.5. The van der Waals surface area contributed by atoms with Gasteiger partial charge in [0.15, 0.2) is 5.82 Å². The lowest BCUT2D eigenvalue weighted by Gasteiger charge is -2.45. The number of nitriles is 1. The summed E-state index contributed by atoms with van der Waals surface area (Å²) in [5.41, 5.74) is 15.2. The summed E-state index contributed by atoms with van der Waals surface area (Å²) >= 11 is 0. The summed E-state index contributed by atoms with van der Waals surface area (Å²) < 4.78 is 10.6. The Morgan fingerprint density at radius 2 is 2.06 bits per heavy atom. The first-order valence-electron chi connectivity index (χ1n) is 9.84. The second kappa shape index (κ2) is 6.82. The van der Waals surface area contributed by atoms with E-state index in [1.165, 1.54) is 0 Å². The van der Waals surface area contributed by atoms with Gasteiger partial charge in [-0.3, -0.25) is 9.36 Å². The van der Waals surface area contributed by atoms with Gasteiger partial charge in [0.25, 0.3) is 0 Å². The van der Waals surface area contributed by atoms with E-state index in [0.29, 0.717) is 53.5 Å². The molecular formula is C20H22N10O. The molecule has 1 aliphatic rings. The summed E-state index contributed by atoms with van der Waals surface area (Å²) in [7, 11) is 3.45. The maximum atomic E-state index is 9.37. The molecule has 0 amide bonds. The molecule has 1 aliphatic carbocycles. The summed E-state index contributed by atoms with van der Waals surface area (Å²) in [5.74, 6) is 0.869. The minimum atomic E-state index is -0.425. The van der Waals surface area contributed by atoms with Crippen LogP contribution >= 0.6 is 0 Å². The molecule has 11 heteroatoms. The fourth-order valence-corrected chi connectivity index (χ4v) is 4.18. The van der Waals surface area contributed by atoms with E-state index in [9.17, 15) is 5.26 Å². The van der Waals surface area contributed by atoms with Crippen LogP contribution in [0.2, 0.25) is 0 Å². The zero-order valence-corrected chi connectivity index (χ0v) is 17.2. The number of nitrogens with zero attached hydrogens (tertiary/aromatic N) is 8. The van der Waals surface area contributed by atoms with Gasteiger partial charge in [0.1, 0.15) is 22.9 Å². The zero-order valence-electron chi connectivity index (χ0n) is 17.2. The Morgan fingerprint density at radius 1 is 1.26 bits per heavy atom. The first-order chi connectivity index (χ1) is 14.9. The highest BCUT2D eigenvalue weighted by Gasteiger charge is 2.47. The number of aromatic nitrogens is 7. The van der Waals surface area contributed by atoms with Gasteiger partial charge in [0.2, 0.25) is 0 Å². The lowest BCUT2D eigenvalue weighted by Crippen LogP contribution is -2.50. The summed E-state index contributed by atoms with van der Waals surface area (Å²) in [6.45, 7) is 0. The molecule has 1 saturated carbocycles. The highest BCUT2D eigenvalue weighted by Crippen LogP contribution is 2.44. The monoisotopic (exact) mass is 418 g/mol. The predicted molar refractivity (Wildman–Crippen MR) is 113 cm³/mol. The van der Waals surface area contributed by atoms with Crippen molar-refractivity contribution in [3.05, 3.63) is 30.7 Å². The van der Waals surface area contributed by atoms with Gasteiger partial charge in [-0.05, 0) is 18.9 Å². The molecule has 4 N–H and O–H groups in total. The molecule has 0 spiro atoms. The van der Waals surface area contributed by atoms with E-state index in [1.807, 2.05) is 12.3 Å². The van der Waals surface area contributed by atoms with Crippen LogP contribution in [0.1, 0.15) is 19.3 Å². The molecule has 5 rings (SSSR count). The number of aryl methyl sites for hydroxylation is 1. The second-order valence-corrected chi connectivity index (χ2v) is 7.91. The van der Waals surface area contributed by atoms with Crippen LogP contribution in [0, 0.1) is 11.3 Å². The number of rotatable bonds is 5. The predicted octanol–water partition coefficient (Wildman–Crippen LogP) is 1.58. The van der Waals surface area contributed by atoms with Crippen molar-refractivity contribution >= 4 is 17.2 Å². The third kappa shape index (κ3) is 2.91. The topological polar surface area (TPSA) is 151 Å². The van der Waals surface area contributed by atoms with Crippen LogP contribution in [-0.4, -0.2) is 47.4 Å². The molecule has 4 aromatic heterocycles. The smallest absolute Gasteiger partial charge is 0.155 e. The lowest BCUT2D eigenvalue weighted by molar-refractivity contribution is -0.0540. The van der Waals surface area contributed by atoms with Gasteiger partial charge < -0.3 is 16.2 Å². The number of methoxy groups -OCH3 is 1. The van der Waals surface area contributed by atoms with Crippen molar-refractivity contribution < 1.29 is 4.74 Å². The van der Waals surface area contributed by atoms with E-state index >= 15 is 0 Å². The van der Waals surface area contributed by atoms with Gasteiger partial charge in [-0.25, -0.2) is 9.50 Å². The molecule has 0 atom stereocenters. The molecule has 11 nitrogen and oxygen atoms in total. The maximum Gasteiger partial charge on any atom is 0.155 e. The minimum absolute atomic E-state index is 0.111. The molecule has 0 aromatic carbocycles. The SMILES string of the molecule is COC1CC(CC#N)(n2cc(-c3nc(-c4cc(N)n(C)n4)cn4nccc34)c(N)n2)C1. The van der Waals surface area contributed by atoms with Gasteiger partial charge in [0, 0.05) is 26.4 Å². The van der Waals surface area contributed by atoms with Crippen molar-refractivity contribution in [2.24, 2.45) is 7.05 Å². The number of anilines is 2. The summed E-state index contributed by atoms with van der Waals surface area (Å²) in [6.07, 6.45) is 7.22. The number of ether oxygens (including phenoxy) is 1. The molecule has 4 aromatic rings. The Morgan fingerprint density at radius 3 is 2.74 bits per heavy atom. The van der Waals surface area contributed by atoms with Crippen LogP contribution in [0.5, 0.6) is 0 Å². The number of nitrogen functional groups attached to an aromatic ring is 2. The minimum Gasteiger partial charge on any atom is -0.384 e. The van der Waals surface area contributed by atoms with Crippen molar-refractivity contribution in [3.63, 3.8) is 0 Å². The molecule has 31 heavy (non-hydrogen) atoms. The molecule has 0 radical (unpaired) electrons. The number of fused-ring (bicyclic) bond motifs is 1. The third-order valence-corrected chi connectivity index (χ3v) is 6.01. The van der Waals surface area contributed by atoms with Crippen LogP contribution in [-0.2, 0) is 17.3 Å². The zero-order chi connectivity index (χ0) is 21.8. The Hall–Kier alpha value is -3.91. The molecule has 0 unspecified atom stereocenters. The fourth-order valence-electron chi connectivity index (χ4n) is 4.18. The maximum absolute atomic E-state index is 9.37. The Bertz CT molecular complexity index is 1300. The Balaban J connectivity index is 1.63. The van der Waals surface area contributed by atoms with E-state index < -0.39 is 5.54 Å². The highest BCUT2D eigenvalue weighted by molar-refractivity contribution is 5.83. The quantitative estimate of drug-likeness (QED) is 0.496. The lowest BCUT2D eigenvalue weighted by atomic mass is 9.72. The van der Waals surface area contributed by atoms with Crippen molar-refractivity contribution in [1.29, 1.82) is 5.26 Å². The van der Waals surface area contributed by atoms with E-state index in [2.05, 4.69) is 21.4 Å². The normalized spacial score (nSPS) is 20.6. The molecule has 4 heterocycles. The van der Waals surface area contributed by atoms with E-state index in [1.54, 1.807) is 46.5 Å². The van der Waals surface area contributed by atoms with Crippen LogP contribution < -0.4 is 11.5 Å². The standard InChI is InChI=1S/C20H22N10O/c1-28-17(22)7-14(26-28)15-11-29-16(3-6-24-29)18(25-15)13-10-30(27-19(13)23)20(4-5-21)8-12(9-20)31-2/h3,6-7,10-12H,4,8-9,22H2,1-2H3,(H2,23,27). The van der Waals surface area contributed by atoms with Gasteiger partial charge >= 0.3 is 0 Å². The Labute approximate surface area is 177 Å². The van der Waals surface area contributed by atoms with Crippen molar-refractivity contribution in [2.45, 2.75) is 30.9 Å². The van der Waals surface area contributed by atoms with E-state index in [-0.39, 0.29) is 6.10 Å². The molecule has 158 valence electrons. The third-order valence-electron chi connectivity index (χ3n) is 6.01. The number of hydrogen-bond acceptors (Lipinski definition) is 8. The molecule has 1 fully saturated rings. The first kappa shape index (κ1) is 19.1. The molecule has 0 aliphatic heterocycles. The summed E-state index contributed by atoms with van der Waals surface area (Å²) in [6, 6.07) is 5.90. The van der Waals surface area contributed by atoms with Crippen LogP contribution in [0.15, 0.2) is 30.7 Å². The van der Waals surface area contributed by atoms with Crippen LogP contribution in [0.25, 0.3) is 28.2 Å². The van der Waals surface area contributed by atoms with Crippen molar-refractivity contribution in [3.8, 4) is 28.7 Å². The van der Waals surface area contributed by atoms with Gasteiger partial charge in [-0.1, -0.05) is 0 Å². The average Bonchev–Trinajstić information content (AvgIpc) is 3.43. The summed E-state index contributed by atoms with van der Waals surface area (Å²) in [4.78, 5) is 4.83. The van der Waals surface area contributed by atoms with Crippen LogP contribution in [0.3, 0.4) is 0 Å². The fraction of sp³-hybridized carbons (Fsp3) is 0.350.